The number of halogens is 2. The molecule has 1 aliphatic carbocycles. The third kappa shape index (κ3) is 5.24. The Hall–Kier alpha value is -0.510. The molecule has 7 heteroatoms. The zero-order valence-corrected chi connectivity index (χ0v) is 17.5. The van der Waals surface area contributed by atoms with Crippen LogP contribution in [0.15, 0.2) is 30.0 Å². The van der Waals surface area contributed by atoms with Crippen LogP contribution in [0.4, 0.5) is 0 Å². The smallest absolute Gasteiger partial charge is 0.409 e. The van der Waals surface area contributed by atoms with Gasteiger partial charge in [0.25, 0.3) is 0 Å². The van der Waals surface area contributed by atoms with Gasteiger partial charge in [0.1, 0.15) is 5.76 Å². The Labute approximate surface area is 160 Å². The van der Waals surface area contributed by atoms with Crippen molar-refractivity contribution in [2.45, 2.75) is 46.0 Å². The molecule has 2 unspecified atom stereocenters. The van der Waals surface area contributed by atoms with Crippen LogP contribution in [0, 0.1) is 5.92 Å². The maximum absolute atomic E-state index is 12.7. The molecule has 0 aliphatic heterocycles. The molecule has 0 bridgehead atoms. The van der Waals surface area contributed by atoms with Crippen LogP contribution >= 0.6 is 31.0 Å². The molecule has 1 aromatic rings. The molecule has 0 saturated heterocycles. The van der Waals surface area contributed by atoms with Gasteiger partial charge in [-0.1, -0.05) is 43.1 Å². The molecule has 0 spiro atoms. The fourth-order valence-corrected chi connectivity index (χ4v) is 4.80. The van der Waals surface area contributed by atoms with Gasteiger partial charge in [-0.15, -0.1) is 0 Å². The first-order chi connectivity index (χ1) is 11.7. The van der Waals surface area contributed by atoms with Gasteiger partial charge in [0.05, 0.1) is 23.3 Å². The van der Waals surface area contributed by atoms with E-state index in [1.165, 1.54) is 0 Å². The highest BCUT2D eigenvalue weighted by molar-refractivity contribution is 7.48. The minimum atomic E-state index is -3.60. The molecule has 1 aromatic carbocycles. The van der Waals surface area contributed by atoms with E-state index in [1.54, 1.807) is 19.9 Å². The van der Waals surface area contributed by atoms with E-state index in [0.717, 1.165) is 12.0 Å². The molecule has 0 aromatic heterocycles. The number of phosphoric ester groups is 1. The molecule has 140 valence electrons. The Morgan fingerprint density at radius 1 is 1.20 bits per heavy atom. The highest BCUT2D eigenvalue weighted by Gasteiger charge is 2.36. The summed E-state index contributed by atoms with van der Waals surface area (Å²) in [6, 6.07) is 5.63. The highest BCUT2D eigenvalue weighted by atomic mass is 35.5. The number of phosphoric acid groups is 1. The fraction of sp³-hybridized carbons (Fsp3) is 0.556. The van der Waals surface area contributed by atoms with Crippen LogP contribution in [0.5, 0.6) is 0 Å². The van der Waals surface area contributed by atoms with Crippen molar-refractivity contribution >= 4 is 31.0 Å². The minimum Gasteiger partial charge on any atom is -0.409 e. The second-order valence-electron chi connectivity index (χ2n) is 6.54. The van der Waals surface area contributed by atoms with E-state index in [0.29, 0.717) is 28.1 Å². The maximum atomic E-state index is 12.7. The molecule has 2 atom stereocenters. The average molecular weight is 407 g/mol. The first-order valence-corrected chi connectivity index (χ1v) is 10.7. The van der Waals surface area contributed by atoms with E-state index < -0.39 is 7.82 Å². The van der Waals surface area contributed by atoms with Crippen molar-refractivity contribution in [2.24, 2.45) is 5.92 Å². The van der Waals surface area contributed by atoms with E-state index >= 15 is 0 Å². The molecule has 4 nitrogen and oxygen atoms in total. The van der Waals surface area contributed by atoms with Gasteiger partial charge in [-0.25, -0.2) is 4.57 Å². The molecule has 1 aliphatic rings. The van der Waals surface area contributed by atoms with Crippen molar-refractivity contribution in [3.05, 3.63) is 45.6 Å². The monoisotopic (exact) mass is 406 g/mol. The van der Waals surface area contributed by atoms with E-state index in [2.05, 4.69) is 13.8 Å². The summed E-state index contributed by atoms with van der Waals surface area (Å²) in [5.74, 6) is 0.966. The second kappa shape index (κ2) is 8.45. The summed E-state index contributed by atoms with van der Waals surface area (Å²) in [7, 11) is -3.60. The van der Waals surface area contributed by atoms with E-state index in [-0.39, 0.29) is 18.6 Å². The SMILES string of the molecule is CCOP(=O)(OCC)OC1=CC(C)(c2ccc(Cl)c(Cl)c2)CC(C)C1. The summed E-state index contributed by atoms with van der Waals surface area (Å²) in [6.07, 6.45) is 3.60. The van der Waals surface area contributed by atoms with Crippen molar-refractivity contribution in [1.82, 2.24) is 0 Å². The lowest BCUT2D eigenvalue weighted by atomic mass is 9.71. The lowest BCUT2D eigenvalue weighted by Crippen LogP contribution is -2.27. The summed E-state index contributed by atoms with van der Waals surface area (Å²) in [5, 5.41) is 1.04. The van der Waals surface area contributed by atoms with Gasteiger partial charge in [0.2, 0.25) is 0 Å². The zero-order valence-electron chi connectivity index (χ0n) is 15.1. The first kappa shape index (κ1) is 20.8. The maximum Gasteiger partial charge on any atom is 0.529 e. The van der Waals surface area contributed by atoms with Crippen molar-refractivity contribution < 1.29 is 18.1 Å². The van der Waals surface area contributed by atoms with Gasteiger partial charge in [-0.05, 0) is 50.0 Å². The van der Waals surface area contributed by atoms with Crippen LogP contribution in [-0.4, -0.2) is 13.2 Å². The number of allylic oxidation sites excluding steroid dienone is 2. The Bertz CT molecular complexity index is 682. The van der Waals surface area contributed by atoms with Crippen molar-refractivity contribution in [3.8, 4) is 0 Å². The van der Waals surface area contributed by atoms with Crippen LogP contribution in [0.2, 0.25) is 10.0 Å². The molecule has 0 amide bonds. The molecule has 0 saturated carbocycles. The normalized spacial score (nSPS) is 24.1. The quantitative estimate of drug-likeness (QED) is 0.469. The van der Waals surface area contributed by atoms with Crippen molar-refractivity contribution in [2.75, 3.05) is 13.2 Å². The lowest BCUT2D eigenvalue weighted by molar-refractivity contribution is 0.136. The van der Waals surface area contributed by atoms with E-state index in [4.69, 9.17) is 36.8 Å². The molecular weight excluding hydrogens is 382 g/mol. The van der Waals surface area contributed by atoms with Gasteiger partial charge in [0.15, 0.2) is 0 Å². The van der Waals surface area contributed by atoms with Gasteiger partial charge in [-0.2, -0.15) is 0 Å². The van der Waals surface area contributed by atoms with Gasteiger partial charge >= 0.3 is 7.82 Å². The summed E-state index contributed by atoms with van der Waals surface area (Å²) >= 11 is 12.2. The molecule has 25 heavy (non-hydrogen) atoms. The first-order valence-electron chi connectivity index (χ1n) is 8.47. The van der Waals surface area contributed by atoms with Crippen LogP contribution in [0.1, 0.15) is 46.1 Å². The molecular formula is C18H25Cl2O4P. The standard InChI is InChI=1S/C18H25Cl2O4P/c1-5-22-25(21,23-6-2)24-15-9-13(3)11-18(4,12-15)14-7-8-16(19)17(20)10-14/h7-8,10,12-13H,5-6,9,11H2,1-4H3. The molecule has 0 heterocycles. The third-order valence-corrected chi connectivity index (χ3v) is 6.53. The van der Waals surface area contributed by atoms with Crippen LogP contribution in [-0.2, 0) is 23.6 Å². The van der Waals surface area contributed by atoms with Crippen LogP contribution in [0.3, 0.4) is 0 Å². The summed E-state index contributed by atoms with van der Waals surface area (Å²) in [5.41, 5.74) is 0.738. The Balaban J connectivity index is 2.35. The average Bonchev–Trinajstić information content (AvgIpc) is 2.49. The molecule has 2 rings (SSSR count). The number of hydrogen-bond donors (Lipinski definition) is 0. The summed E-state index contributed by atoms with van der Waals surface area (Å²) in [6.45, 7) is 8.27. The van der Waals surface area contributed by atoms with E-state index in [9.17, 15) is 4.57 Å². The number of hydrogen-bond acceptors (Lipinski definition) is 4. The van der Waals surface area contributed by atoms with Crippen molar-refractivity contribution in [3.63, 3.8) is 0 Å². The topological polar surface area (TPSA) is 44.8 Å². The Morgan fingerprint density at radius 2 is 1.84 bits per heavy atom. The Morgan fingerprint density at radius 3 is 2.40 bits per heavy atom. The zero-order chi connectivity index (χ0) is 18.7. The minimum absolute atomic E-state index is 0.254. The lowest BCUT2D eigenvalue weighted by Gasteiger charge is -2.36. The van der Waals surface area contributed by atoms with Gasteiger partial charge in [0, 0.05) is 11.8 Å². The van der Waals surface area contributed by atoms with Gasteiger partial charge < -0.3 is 4.52 Å². The summed E-state index contributed by atoms with van der Waals surface area (Å²) in [4.78, 5) is 0. The van der Waals surface area contributed by atoms with Crippen LogP contribution in [0.25, 0.3) is 0 Å². The van der Waals surface area contributed by atoms with Gasteiger partial charge in [-0.3, -0.25) is 9.05 Å². The molecule has 0 N–H and O–H groups in total. The molecule has 0 fully saturated rings. The molecule has 0 radical (unpaired) electrons. The third-order valence-electron chi connectivity index (χ3n) is 4.18. The Kier molecular flexibility index (Phi) is 7.03. The number of rotatable bonds is 7. The predicted octanol–water partition coefficient (Wildman–Crippen LogP) is 6.76. The summed E-state index contributed by atoms with van der Waals surface area (Å²) < 4.78 is 28.9. The number of benzene rings is 1. The predicted molar refractivity (Wildman–Crippen MR) is 102 cm³/mol. The van der Waals surface area contributed by atoms with Crippen molar-refractivity contribution in [1.29, 1.82) is 0 Å². The highest BCUT2D eigenvalue weighted by Crippen LogP contribution is 2.54. The van der Waals surface area contributed by atoms with Crippen LogP contribution < -0.4 is 0 Å². The largest absolute Gasteiger partial charge is 0.529 e. The van der Waals surface area contributed by atoms with E-state index in [1.807, 2.05) is 18.2 Å². The second-order valence-corrected chi connectivity index (χ2v) is 8.95. The fourth-order valence-electron chi connectivity index (χ4n) is 3.28.